The van der Waals surface area contributed by atoms with Crippen LogP contribution < -0.4 is 4.74 Å². The van der Waals surface area contributed by atoms with E-state index in [0.29, 0.717) is 37.1 Å². The van der Waals surface area contributed by atoms with E-state index in [-0.39, 0.29) is 0 Å². The number of nitrogens with one attached hydrogen (secondary N) is 1. The van der Waals surface area contributed by atoms with Gasteiger partial charge in [-0.25, -0.2) is 63.3 Å². The molecule has 0 amide bonds. The number of ether oxygens (including phenoxy) is 1. The second-order valence-electron chi connectivity index (χ2n) is 31.9. The molecule has 36 nitrogen and oxygen atoms in total. The molecule has 0 fully saturated rings. The number of rotatable bonds is 1. The molecule has 25 rings (SSSR count). The summed E-state index contributed by atoms with van der Waals surface area (Å²) in [7, 11) is 9.30. The van der Waals surface area contributed by atoms with Crippen molar-refractivity contribution in [2.24, 2.45) is 28.2 Å². The number of fused-ring (bicyclic) bond motifs is 25. The van der Waals surface area contributed by atoms with Gasteiger partial charge in [0.1, 0.15) is 112 Å². The predicted molar refractivity (Wildman–Crippen MR) is 488 cm³/mol. The summed E-state index contributed by atoms with van der Waals surface area (Å²) in [5.74, 6) is 35.1. The van der Waals surface area contributed by atoms with Crippen LogP contribution in [-0.4, -0.2) is 178 Å². The summed E-state index contributed by atoms with van der Waals surface area (Å²) in [5, 5.41) is 50.8. The van der Waals surface area contributed by atoms with Gasteiger partial charge in [-0.3, -0.25) is 32.2 Å². The molecule has 5 aliphatic heterocycles. The lowest BCUT2D eigenvalue weighted by molar-refractivity contribution is 0.414. The van der Waals surface area contributed by atoms with Gasteiger partial charge in [-0.05, 0) is 196 Å². The molecule has 0 radical (unpaired) electrons. The Kier molecular flexibility index (Phi) is 20.8. The highest BCUT2D eigenvalue weighted by Crippen LogP contribution is 2.37. The van der Waals surface area contributed by atoms with Crippen molar-refractivity contribution in [2.75, 3.05) is 7.11 Å². The minimum absolute atomic E-state index is 0.619. The molecule has 0 spiro atoms. The number of H-pyrrole nitrogens is 1. The van der Waals surface area contributed by atoms with Crippen LogP contribution in [0.5, 0.6) is 5.75 Å². The van der Waals surface area contributed by atoms with Gasteiger partial charge in [-0.15, -0.1) is 25.5 Å². The van der Waals surface area contributed by atoms with Crippen LogP contribution in [0.15, 0.2) is 197 Å². The zero-order valence-corrected chi connectivity index (χ0v) is 74.3. The number of aromatic amines is 1. The van der Waals surface area contributed by atoms with Gasteiger partial charge in [0.15, 0.2) is 0 Å². The first kappa shape index (κ1) is 81.8. The Morgan fingerprint density at radius 1 is 0.346 bits per heavy atom. The number of imidazole rings is 8. The quantitative estimate of drug-likeness (QED) is 0.149. The number of hydrogen-bond donors (Lipinski definition) is 1. The summed E-state index contributed by atoms with van der Waals surface area (Å²) in [4.78, 5) is 38.6. The molecule has 0 bridgehead atoms. The molecule has 648 valence electrons. The van der Waals surface area contributed by atoms with Crippen molar-refractivity contribution in [3.05, 3.63) is 350 Å². The highest BCUT2D eigenvalue weighted by molar-refractivity contribution is 6.30. The SMILES string of the molecule is COc1ccc2c(c1)-n1nncc1Cc1c(C#Cc3ccnn3C)ncn1-2.Cc1ccc2c(c1)-n1nncc1Cc1c(C#Cc3ccn(C)n3)ncn1-2.Cc1ccc2c(c1)-n1nncc1Cc1c(C#Cc3cnc(C)[nH]3)ncn1-2.Cc1ccc2c(c1)-n1nncc1Cc1c(C#Cc3cnc(C)n3C)ncn1-2.Cc1ncc(C#Cc2ncn3c2Cc2cnnn2-c2cc(Cl)ccc2-3)n1C. The van der Waals surface area contributed by atoms with Gasteiger partial charge in [0, 0.05) is 77.6 Å². The number of aryl methyl sites for hydroxylation is 8. The molecular formula is C96H76ClN35O. The van der Waals surface area contributed by atoms with E-state index in [1.807, 2.05) is 160 Å². The Morgan fingerprint density at radius 3 is 1.05 bits per heavy atom. The van der Waals surface area contributed by atoms with E-state index in [0.717, 1.165) is 194 Å². The maximum absolute atomic E-state index is 6.21. The molecule has 0 saturated heterocycles. The fraction of sp³-hybridized carbons (Fsp3) is 0.167. The van der Waals surface area contributed by atoms with E-state index in [2.05, 4.69) is 259 Å². The van der Waals surface area contributed by atoms with Crippen LogP contribution >= 0.6 is 11.6 Å². The lowest BCUT2D eigenvalue weighted by Crippen LogP contribution is -2.03. The topological polar surface area (TPSA) is 352 Å². The van der Waals surface area contributed by atoms with Crippen molar-refractivity contribution < 1.29 is 4.74 Å². The summed E-state index contributed by atoms with van der Waals surface area (Å²) in [5.41, 5.74) is 31.0. The Balaban J connectivity index is 0.000000100. The van der Waals surface area contributed by atoms with E-state index in [4.69, 9.17) is 16.3 Å². The van der Waals surface area contributed by atoms with Crippen molar-refractivity contribution in [3.63, 3.8) is 0 Å². The maximum atomic E-state index is 6.21. The molecule has 37 heteroatoms. The van der Waals surface area contributed by atoms with E-state index in [1.165, 1.54) is 16.7 Å². The molecule has 0 aliphatic carbocycles. The van der Waals surface area contributed by atoms with Crippen molar-refractivity contribution in [1.29, 1.82) is 0 Å². The predicted octanol–water partition coefficient (Wildman–Crippen LogP) is 9.95. The Bertz CT molecular complexity index is 7960. The first-order chi connectivity index (χ1) is 64.8. The lowest BCUT2D eigenvalue weighted by atomic mass is 10.2. The van der Waals surface area contributed by atoms with E-state index >= 15 is 0 Å². The summed E-state index contributed by atoms with van der Waals surface area (Å²) in [6.07, 6.45) is 30.1. The largest absolute Gasteiger partial charge is 0.497 e. The van der Waals surface area contributed by atoms with Gasteiger partial charge in [0.25, 0.3) is 0 Å². The van der Waals surface area contributed by atoms with Gasteiger partial charge in [0.2, 0.25) is 0 Å². The number of nitrogens with zero attached hydrogens (tertiary/aromatic N) is 34. The number of halogens is 1. The third-order valence-electron chi connectivity index (χ3n) is 23.4. The third kappa shape index (κ3) is 15.5. The van der Waals surface area contributed by atoms with Gasteiger partial charge in [-0.2, -0.15) is 10.2 Å². The summed E-state index contributed by atoms with van der Waals surface area (Å²) >= 11 is 6.21. The van der Waals surface area contributed by atoms with Crippen LogP contribution in [0.25, 0.3) is 56.9 Å². The number of aromatic nitrogens is 35. The van der Waals surface area contributed by atoms with E-state index < -0.39 is 0 Å². The maximum Gasteiger partial charge on any atom is 0.135 e. The monoisotopic (exact) mass is 1770 g/mol. The van der Waals surface area contributed by atoms with Crippen LogP contribution in [0.2, 0.25) is 5.02 Å². The second kappa shape index (κ2) is 33.9. The molecule has 0 atom stereocenters. The van der Waals surface area contributed by atoms with Crippen molar-refractivity contribution in [2.45, 2.75) is 73.6 Å². The first-order valence-corrected chi connectivity index (χ1v) is 42.4. The van der Waals surface area contributed by atoms with Crippen LogP contribution in [0.3, 0.4) is 0 Å². The van der Waals surface area contributed by atoms with Gasteiger partial charge < -0.3 is 18.9 Å². The molecule has 5 aliphatic rings. The molecule has 0 unspecified atom stereocenters. The minimum atomic E-state index is 0.619. The molecule has 133 heavy (non-hydrogen) atoms. The number of benzene rings is 5. The highest BCUT2D eigenvalue weighted by Gasteiger charge is 2.30. The normalized spacial score (nSPS) is 11.8. The lowest BCUT2D eigenvalue weighted by Gasteiger charge is -2.11. The zero-order valence-electron chi connectivity index (χ0n) is 73.5. The Morgan fingerprint density at radius 2 is 0.707 bits per heavy atom. The molecule has 15 aromatic heterocycles. The molecule has 1 N–H and O–H groups in total. The summed E-state index contributed by atoms with van der Waals surface area (Å²) in [6.45, 7) is 12.0. The van der Waals surface area contributed by atoms with Crippen LogP contribution in [-0.2, 0) is 60.3 Å². The number of hydrogen-bond acceptors (Lipinski definition) is 21. The standard InChI is InChI=1S/C20H17N7.C19H14ClN7.C19H15N7O.2C19H15N7/c1-13-4-7-18-20(8-13)27-16(11-23-24-27)9-19-17(22-12-26(18)19)6-5-15-10-21-14(2)25(15)3;1-12-21-9-14(25(12)2)4-5-16-18-8-15-10-23-24-27(15)19-7-13(20)3-6-17(19)26(18)11-22-16;1-24-13(7-8-22-24)3-5-16-18-9-14-11-21-23-26(14)19-10-15(27-2)4-6-17(19)25(18)12-20-16;1-12-3-6-17-19(7-12)26-15(10-22-24-26)8-18-16(21-11-25(17)18)5-4-14-9-20-13(2)23-14;1-13-3-6-17-19(9-13)26-15(11-21-23-26)10-18-16(20-12-25(17)18)5-4-14-7-8-24(2)22-14/h4,7-8,10-12H,9H2,1-3H3;3,6-7,9-11H,8H2,1-2H3;4,6-8,10-12H,9H2,1-2H3;3,6-7,9-11H,8H2,1-2H3,(H,20,23);3,6-9,11-12H,10H2,1-2H3. The zero-order chi connectivity index (χ0) is 90.8. The molecule has 0 saturated carbocycles. The number of methoxy groups -OCH3 is 1. The van der Waals surface area contributed by atoms with Gasteiger partial charge in [0.05, 0.1) is 177 Å². The first-order valence-electron chi connectivity index (χ1n) is 42.0. The smallest absolute Gasteiger partial charge is 0.135 e. The Labute approximate surface area is 764 Å². The average molecular weight is 1770 g/mol. The highest BCUT2D eigenvalue weighted by atomic mass is 35.5. The van der Waals surface area contributed by atoms with Crippen molar-refractivity contribution >= 4 is 11.6 Å². The van der Waals surface area contributed by atoms with Gasteiger partial charge in [-0.1, -0.05) is 55.9 Å². The van der Waals surface area contributed by atoms with Crippen LogP contribution in [0.1, 0.15) is 148 Å². The average Bonchev–Trinajstić information content (AvgIpc) is 1.63. The molecule has 20 aromatic rings. The summed E-state index contributed by atoms with van der Waals surface area (Å²) < 4.78 is 32.5. The minimum Gasteiger partial charge on any atom is -0.497 e. The fourth-order valence-electron chi connectivity index (χ4n) is 16.2. The second-order valence-corrected chi connectivity index (χ2v) is 32.4. The van der Waals surface area contributed by atoms with E-state index in [9.17, 15) is 0 Å². The van der Waals surface area contributed by atoms with Crippen molar-refractivity contribution in [3.8, 4) is 122 Å². The Hall–Kier alpha value is -18.2. The van der Waals surface area contributed by atoms with Crippen molar-refractivity contribution in [1.82, 2.24) is 171 Å². The summed E-state index contributed by atoms with van der Waals surface area (Å²) in [6, 6.07) is 34.2. The fourth-order valence-corrected chi connectivity index (χ4v) is 16.4. The van der Waals surface area contributed by atoms with Crippen LogP contribution in [0, 0.1) is 101 Å². The van der Waals surface area contributed by atoms with Crippen LogP contribution in [0.4, 0.5) is 0 Å². The van der Waals surface area contributed by atoms with E-state index in [1.54, 1.807) is 84.9 Å². The molecular weight excluding hydrogens is 1690 g/mol. The van der Waals surface area contributed by atoms with Gasteiger partial charge >= 0.3 is 0 Å². The molecule has 20 heterocycles. The third-order valence-corrected chi connectivity index (χ3v) is 23.6. The molecule has 5 aromatic carbocycles.